The standard InChI is InChI=1S/C19H22N8.HI/c20-18(25-9-11-26(12-10-25)19-21-7-4-8-22-19)23-13-16-14-24-27(15-16)17-5-2-1-3-6-17;/h1-8,14-15H,9-13H2,(H2,20,23);1H. The van der Waals surface area contributed by atoms with Crippen molar-refractivity contribution in [2.45, 2.75) is 6.54 Å². The topological polar surface area (TPSA) is 88.5 Å². The number of rotatable bonds is 4. The van der Waals surface area contributed by atoms with Crippen LogP contribution in [0, 0.1) is 0 Å². The Hall–Kier alpha value is -2.69. The third kappa shape index (κ3) is 4.77. The van der Waals surface area contributed by atoms with Gasteiger partial charge in [-0.3, -0.25) is 0 Å². The zero-order valence-electron chi connectivity index (χ0n) is 15.4. The minimum absolute atomic E-state index is 0. The van der Waals surface area contributed by atoms with Crippen LogP contribution in [-0.2, 0) is 6.54 Å². The molecule has 0 amide bonds. The van der Waals surface area contributed by atoms with Crippen molar-refractivity contribution in [1.82, 2.24) is 24.6 Å². The van der Waals surface area contributed by atoms with Crippen molar-refractivity contribution in [3.63, 3.8) is 0 Å². The van der Waals surface area contributed by atoms with E-state index in [9.17, 15) is 0 Å². The molecule has 1 fully saturated rings. The number of guanidine groups is 1. The van der Waals surface area contributed by atoms with Crippen molar-refractivity contribution in [2.24, 2.45) is 10.7 Å². The fourth-order valence-corrected chi connectivity index (χ4v) is 3.03. The molecule has 2 aromatic heterocycles. The van der Waals surface area contributed by atoms with Gasteiger partial charge in [0.05, 0.1) is 18.4 Å². The highest BCUT2D eigenvalue weighted by atomic mass is 127. The minimum Gasteiger partial charge on any atom is -0.370 e. The number of hydrogen-bond acceptors (Lipinski definition) is 5. The van der Waals surface area contributed by atoms with Gasteiger partial charge in [-0.05, 0) is 18.2 Å². The molecule has 146 valence electrons. The number of piperazine rings is 1. The molecule has 1 aliphatic heterocycles. The van der Waals surface area contributed by atoms with Crippen LogP contribution in [0.3, 0.4) is 0 Å². The van der Waals surface area contributed by atoms with Crippen LogP contribution < -0.4 is 10.6 Å². The van der Waals surface area contributed by atoms with Crippen LogP contribution in [0.5, 0.6) is 0 Å². The Labute approximate surface area is 181 Å². The predicted octanol–water partition coefficient (Wildman–Crippen LogP) is 1.92. The predicted molar refractivity (Wildman–Crippen MR) is 120 cm³/mol. The van der Waals surface area contributed by atoms with Gasteiger partial charge in [-0.15, -0.1) is 24.0 Å². The van der Waals surface area contributed by atoms with Gasteiger partial charge in [-0.25, -0.2) is 19.6 Å². The molecule has 1 aliphatic rings. The van der Waals surface area contributed by atoms with E-state index in [1.807, 2.05) is 53.5 Å². The zero-order chi connectivity index (χ0) is 18.5. The van der Waals surface area contributed by atoms with E-state index >= 15 is 0 Å². The van der Waals surface area contributed by atoms with E-state index in [-0.39, 0.29) is 24.0 Å². The van der Waals surface area contributed by atoms with E-state index in [4.69, 9.17) is 5.73 Å². The number of para-hydroxylation sites is 1. The lowest BCUT2D eigenvalue weighted by Crippen LogP contribution is -2.51. The highest BCUT2D eigenvalue weighted by Crippen LogP contribution is 2.11. The number of nitrogens with two attached hydrogens (primary N) is 1. The first-order valence-corrected chi connectivity index (χ1v) is 8.95. The Balaban J connectivity index is 0.00000225. The van der Waals surface area contributed by atoms with Crippen LogP contribution in [0.25, 0.3) is 5.69 Å². The van der Waals surface area contributed by atoms with Gasteiger partial charge in [0.15, 0.2) is 5.96 Å². The number of hydrogen-bond donors (Lipinski definition) is 1. The van der Waals surface area contributed by atoms with E-state index in [2.05, 4.69) is 29.9 Å². The summed E-state index contributed by atoms with van der Waals surface area (Å²) in [4.78, 5) is 17.4. The summed E-state index contributed by atoms with van der Waals surface area (Å²) in [7, 11) is 0. The van der Waals surface area contributed by atoms with Crippen LogP contribution in [0.2, 0.25) is 0 Å². The summed E-state index contributed by atoms with van der Waals surface area (Å²) in [5.74, 6) is 1.33. The van der Waals surface area contributed by atoms with Crippen LogP contribution >= 0.6 is 24.0 Å². The van der Waals surface area contributed by atoms with Crippen LogP contribution in [0.4, 0.5) is 5.95 Å². The molecule has 1 saturated heterocycles. The van der Waals surface area contributed by atoms with Crippen molar-refractivity contribution in [3.8, 4) is 5.69 Å². The Morgan fingerprint density at radius 2 is 1.71 bits per heavy atom. The maximum absolute atomic E-state index is 6.20. The van der Waals surface area contributed by atoms with E-state index in [1.165, 1.54) is 0 Å². The van der Waals surface area contributed by atoms with Crippen molar-refractivity contribution in [1.29, 1.82) is 0 Å². The molecule has 28 heavy (non-hydrogen) atoms. The SMILES string of the molecule is I.NC(=NCc1cnn(-c2ccccc2)c1)N1CCN(c2ncccn2)CC1. The van der Waals surface area contributed by atoms with Gasteiger partial charge >= 0.3 is 0 Å². The normalized spacial score (nSPS) is 14.6. The van der Waals surface area contributed by atoms with E-state index < -0.39 is 0 Å². The highest BCUT2D eigenvalue weighted by molar-refractivity contribution is 14.0. The average Bonchev–Trinajstić information content (AvgIpc) is 3.22. The molecule has 0 spiro atoms. The van der Waals surface area contributed by atoms with Gasteiger partial charge < -0.3 is 15.5 Å². The lowest BCUT2D eigenvalue weighted by molar-refractivity contribution is 0.378. The quantitative estimate of drug-likeness (QED) is 0.342. The largest absolute Gasteiger partial charge is 0.370 e. The fourth-order valence-electron chi connectivity index (χ4n) is 3.03. The Morgan fingerprint density at radius 3 is 2.43 bits per heavy atom. The molecule has 3 aromatic rings. The number of benzene rings is 1. The number of nitrogens with zero attached hydrogens (tertiary/aromatic N) is 7. The molecule has 8 nitrogen and oxygen atoms in total. The summed E-state index contributed by atoms with van der Waals surface area (Å²) in [5, 5.41) is 4.39. The van der Waals surface area contributed by atoms with Gasteiger partial charge in [-0.1, -0.05) is 18.2 Å². The van der Waals surface area contributed by atoms with Crippen LogP contribution in [-0.4, -0.2) is 56.8 Å². The lowest BCUT2D eigenvalue weighted by Gasteiger charge is -2.35. The second-order valence-corrected chi connectivity index (χ2v) is 6.33. The first kappa shape index (κ1) is 20.1. The number of anilines is 1. The van der Waals surface area contributed by atoms with Crippen molar-refractivity contribution >= 4 is 35.9 Å². The molecule has 0 bridgehead atoms. The van der Waals surface area contributed by atoms with Crippen LogP contribution in [0.1, 0.15) is 5.56 Å². The third-order valence-electron chi connectivity index (χ3n) is 4.52. The van der Waals surface area contributed by atoms with E-state index in [0.717, 1.165) is 43.4 Å². The van der Waals surface area contributed by atoms with Gasteiger partial charge in [0.2, 0.25) is 5.95 Å². The molecule has 2 N–H and O–H groups in total. The second kappa shape index (κ2) is 9.49. The van der Waals surface area contributed by atoms with Gasteiger partial charge in [0, 0.05) is 50.3 Å². The number of aliphatic imine (C=N–C) groups is 1. The molecule has 0 atom stereocenters. The molecule has 0 radical (unpaired) electrons. The number of halogens is 1. The molecule has 0 aliphatic carbocycles. The molecule has 0 unspecified atom stereocenters. The van der Waals surface area contributed by atoms with Gasteiger partial charge in [0.25, 0.3) is 0 Å². The first-order valence-electron chi connectivity index (χ1n) is 8.95. The Morgan fingerprint density at radius 1 is 1.00 bits per heavy atom. The maximum atomic E-state index is 6.20. The Kier molecular flexibility index (Phi) is 6.80. The molecule has 3 heterocycles. The summed E-state index contributed by atoms with van der Waals surface area (Å²) in [5.41, 5.74) is 8.25. The average molecular weight is 490 g/mol. The summed E-state index contributed by atoms with van der Waals surface area (Å²) >= 11 is 0. The summed E-state index contributed by atoms with van der Waals surface area (Å²) in [6, 6.07) is 11.8. The third-order valence-corrected chi connectivity index (χ3v) is 4.52. The van der Waals surface area contributed by atoms with Crippen molar-refractivity contribution in [2.75, 3.05) is 31.1 Å². The monoisotopic (exact) mass is 490 g/mol. The second-order valence-electron chi connectivity index (χ2n) is 6.33. The molecule has 1 aromatic carbocycles. The summed E-state index contributed by atoms with van der Waals surface area (Å²) in [6.45, 7) is 3.77. The van der Waals surface area contributed by atoms with Crippen LogP contribution in [0.15, 0.2) is 66.2 Å². The first-order chi connectivity index (χ1) is 13.3. The molecule has 9 heteroatoms. The summed E-state index contributed by atoms with van der Waals surface area (Å²) < 4.78 is 1.85. The minimum atomic E-state index is 0. The fraction of sp³-hybridized carbons (Fsp3) is 0.263. The Bertz CT molecular complexity index is 889. The molecular formula is C19H23IN8. The van der Waals surface area contributed by atoms with Gasteiger partial charge in [0.1, 0.15) is 0 Å². The van der Waals surface area contributed by atoms with Crippen molar-refractivity contribution < 1.29 is 0 Å². The van der Waals surface area contributed by atoms with E-state index in [1.54, 1.807) is 12.4 Å². The molecule has 0 saturated carbocycles. The molecule has 4 rings (SSSR count). The van der Waals surface area contributed by atoms with E-state index in [0.29, 0.717) is 12.5 Å². The molecular weight excluding hydrogens is 467 g/mol. The maximum Gasteiger partial charge on any atom is 0.225 e. The highest BCUT2D eigenvalue weighted by Gasteiger charge is 2.19. The smallest absolute Gasteiger partial charge is 0.225 e. The van der Waals surface area contributed by atoms with Crippen molar-refractivity contribution in [3.05, 3.63) is 66.7 Å². The lowest BCUT2D eigenvalue weighted by atomic mass is 10.3. The number of aromatic nitrogens is 4. The summed E-state index contributed by atoms with van der Waals surface area (Å²) in [6.07, 6.45) is 7.34. The zero-order valence-corrected chi connectivity index (χ0v) is 17.8. The van der Waals surface area contributed by atoms with Gasteiger partial charge in [-0.2, -0.15) is 5.10 Å².